The van der Waals surface area contributed by atoms with Gasteiger partial charge >= 0.3 is 0 Å². The third-order valence-electron chi connectivity index (χ3n) is 6.29. The van der Waals surface area contributed by atoms with E-state index in [9.17, 15) is 0 Å². The van der Waals surface area contributed by atoms with Crippen LogP contribution in [0.2, 0.25) is 0 Å². The van der Waals surface area contributed by atoms with Gasteiger partial charge in [-0.25, -0.2) is 4.98 Å². The van der Waals surface area contributed by atoms with E-state index in [4.69, 9.17) is 24.9 Å². The van der Waals surface area contributed by atoms with Gasteiger partial charge in [-0.15, -0.1) is 0 Å². The molecule has 1 aliphatic heterocycles. The summed E-state index contributed by atoms with van der Waals surface area (Å²) < 4.78 is 17.7. The van der Waals surface area contributed by atoms with Gasteiger partial charge in [-0.05, 0) is 37.3 Å². The summed E-state index contributed by atoms with van der Waals surface area (Å²) in [7, 11) is 3.26. The summed E-state index contributed by atoms with van der Waals surface area (Å²) in [5.41, 5.74) is 10.4. The van der Waals surface area contributed by atoms with Crippen molar-refractivity contribution in [3.63, 3.8) is 0 Å². The van der Waals surface area contributed by atoms with Gasteiger partial charge in [0.25, 0.3) is 0 Å². The lowest BCUT2D eigenvalue weighted by atomic mass is 10.1. The molecule has 0 saturated heterocycles. The van der Waals surface area contributed by atoms with Crippen molar-refractivity contribution in [2.24, 2.45) is 0 Å². The highest BCUT2D eigenvalue weighted by Crippen LogP contribution is 2.47. The zero-order valence-electron chi connectivity index (χ0n) is 18.1. The van der Waals surface area contributed by atoms with Crippen LogP contribution in [-0.2, 0) is 13.0 Å². The lowest BCUT2D eigenvalue weighted by Gasteiger charge is -2.30. The Morgan fingerprint density at radius 1 is 1.10 bits per heavy atom. The van der Waals surface area contributed by atoms with Crippen LogP contribution in [-0.4, -0.2) is 36.8 Å². The van der Waals surface area contributed by atoms with E-state index >= 15 is 0 Å². The predicted octanol–water partition coefficient (Wildman–Crippen LogP) is 4.11. The number of hydrogen-bond acceptors (Lipinski definition) is 7. The molecular formula is C24H28N4O3. The van der Waals surface area contributed by atoms with Gasteiger partial charge in [0.2, 0.25) is 5.75 Å². The number of methoxy groups -OCH3 is 2. The average molecular weight is 421 g/mol. The maximum atomic E-state index is 6.59. The number of benzene rings is 1. The van der Waals surface area contributed by atoms with Crippen molar-refractivity contribution < 1.29 is 14.2 Å². The molecule has 3 aromatic rings. The molecule has 162 valence electrons. The lowest BCUT2D eigenvalue weighted by Crippen LogP contribution is -2.31. The molecule has 0 atom stereocenters. The van der Waals surface area contributed by atoms with Crippen LogP contribution in [0.5, 0.6) is 17.2 Å². The monoisotopic (exact) mass is 420 g/mol. The summed E-state index contributed by atoms with van der Waals surface area (Å²) in [5, 5.41) is 0.785. The summed E-state index contributed by atoms with van der Waals surface area (Å²) in [6, 6.07) is 7.93. The van der Waals surface area contributed by atoms with Crippen LogP contribution >= 0.6 is 0 Å². The summed E-state index contributed by atoms with van der Waals surface area (Å²) in [4.78, 5) is 11.7. The molecule has 31 heavy (non-hydrogen) atoms. The molecule has 3 heterocycles. The molecule has 0 bridgehead atoms. The number of nitrogens with zero attached hydrogens (tertiary/aromatic N) is 3. The summed E-state index contributed by atoms with van der Waals surface area (Å²) in [6.07, 6.45) is 7.33. The van der Waals surface area contributed by atoms with E-state index in [2.05, 4.69) is 16.0 Å². The third-order valence-corrected chi connectivity index (χ3v) is 6.29. The summed E-state index contributed by atoms with van der Waals surface area (Å²) in [6.45, 7) is 1.61. The molecule has 0 amide bonds. The minimum atomic E-state index is 0.161. The van der Waals surface area contributed by atoms with Crippen molar-refractivity contribution in [1.82, 2.24) is 9.97 Å². The molecular weight excluding hydrogens is 392 g/mol. The van der Waals surface area contributed by atoms with Gasteiger partial charge in [0.1, 0.15) is 5.82 Å². The first-order valence-electron chi connectivity index (χ1n) is 10.9. The van der Waals surface area contributed by atoms with Crippen molar-refractivity contribution in [2.45, 2.75) is 44.8 Å². The fourth-order valence-corrected chi connectivity index (χ4v) is 4.69. The number of ether oxygens (including phenoxy) is 3. The maximum absolute atomic E-state index is 6.59. The van der Waals surface area contributed by atoms with Crippen molar-refractivity contribution in [3.05, 3.63) is 41.7 Å². The Hall–Kier alpha value is -3.22. The zero-order valence-corrected chi connectivity index (χ0v) is 18.1. The number of pyridine rings is 2. The maximum Gasteiger partial charge on any atom is 0.204 e. The quantitative estimate of drug-likeness (QED) is 0.665. The molecule has 2 aliphatic rings. The standard InChI is InChI=1S/C24H28N4O3/c1-29-20-13-19-22(24(23(20)30-2)31-16-7-3-4-8-16)17(25)12-21(27-19)28-11-9-18-15(14-28)6-5-10-26-18/h5-6,10,12-13,16H,3-4,7-9,11,14H2,1-2H3,(H2,25,27). The van der Waals surface area contributed by atoms with Crippen LogP contribution in [0.1, 0.15) is 36.9 Å². The molecule has 0 spiro atoms. The van der Waals surface area contributed by atoms with Crippen LogP contribution in [0, 0.1) is 0 Å². The molecule has 2 aromatic heterocycles. The number of anilines is 2. The van der Waals surface area contributed by atoms with Crippen LogP contribution in [0.4, 0.5) is 11.5 Å². The molecule has 1 saturated carbocycles. The first-order valence-corrected chi connectivity index (χ1v) is 10.9. The fraction of sp³-hybridized carbons (Fsp3) is 0.417. The van der Waals surface area contributed by atoms with Crippen LogP contribution < -0.4 is 24.8 Å². The average Bonchev–Trinajstić information content (AvgIpc) is 3.31. The molecule has 0 unspecified atom stereocenters. The fourth-order valence-electron chi connectivity index (χ4n) is 4.69. The Morgan fingerprint density at radius 3 is 2.71 bits per heavy atom. The molecule has 7 nitrogen and oxygen atoms in total. The molecule has 1 fully saturated rings. The second-order valence-electron chi connectivity index (χ2n) is 8.21. The van der Waals surface area contributed by atoms with E-state index in [1.165, 1.54) is 18.4 Å². The minimum absolute atomic E-state index is 0.161. The first-order chi connectivity index (χ1) is 15.2. The topological polar surface area (TPSA) is 82.7 Å². The van der Waals surface area contributed by atoms with E-state index in [1.54, 1.807) is 14.2 Å². The summed E-state index contributed by atoms with van der Waals surface area (Å²) in [5.74, 6) is 2.65. The van der Waals surface area contributed by atoms with Gasteiger partial charge in [-0.1, -0.05) is 6.07 Å². The Balaban J connectivity index is 1.59. The number of nitrogen functional groups attached to an aromatic ring is 1. The molecule has 7 heteroatoms. The summed E-state index contributed by atoms with van der Waals surface area (Å²) >= 11 is 0. The van der Waals surface area contributed by atoms with E-state index < -0.39 is 0 Å². The number of fused-ring (bicyclic) bond motifs is 2. The smallest absolute Gasteiger partial charge is 0.204 e. The van der Waals surface area contributed by atoms with E-state index in [-0.39, 0.29) is 6.10 Å². The van der Waals surface area contributed by atoms with Gasteiger partial charge in [0, 0.05) is 49.2 Å². The highest BCUT2D eigenvalue weighted by Gasteiger charge is 2.26. The van der Waals surface area contributed by atoms with Gasteiger partial charge < -0.3 is 24.8 Å². The minimum Gasteiger partial charge on any atom is -0.493 e. The van der Waals surface area contributed by atoms with Crippen molar-refractivity contribution >= 4 is 22.4 Å². The number of aromatic nitrogens is 2. The molecule has 1 aliphatic carbocycles. The van der Waals surface area contributed by atoms with E-state index in [0.29, 0.717) is 22.9 Å². The van der Waals surface area contributed by atoms with Gasteiger partial charge in [-0.2, -0.15) is 0 Å². The van der Waals surface area contributed by atoms with Gasteiger partial charge in [0.05, 0.1) is 31.2 Å². The predicted molar refractivity (Wildman–Crippen MR) is 121 cm³/mol. The van der Waals surface area contributed by atoms with Crippen molar-refractivity contribution in [1.29, 1.82) is 0 Å². The van der Waals surface area contributed by atoms with Crippen LogP contribution in [0.3, 0.4) is 0 Å². The SMILES string of the molecule is COc1cc2nc(N3CCc4ncccc4C3)cc(N)c2c(OC2CCCC2)c1OC. The van der Waals surface area contributed by atoms with E-state index in [0.717, 1.165) is 54.8 Å². The highest BCUT2D eigenvalue weighted by atomic mass is 16.5. The normalized spacial score (nSPS) is 16.4. The van der Waals surface area contributed by atoms with Gasteiger partial charge in [0.15, 0.2) is 11.5 Å². The lowest BCUT2D eigenvalue weighted by molar-refractivity contribution is 0.201. The first kappa shape index (κ1) is 19.7. The highest BCUT2D eigenvalue weighted by molar-refractivity contribution is 6.00. The van der Waals surface area contributed by atoms with Crippen molar-refractivity contribution in [3.8, 4) is 17.2 Å². The Kier molecular flexibility index (Phi) is 5.18. The van der Waals surface area contributed by atoms with Crippen molar-refractivity contribution in [2.75, 3.05) is 31.4 Å². The molecule has 5 rings (SSSR count). The second kappa shape index (κ2) is 8.13. The Bertz CT molecular complexity index is 1110. The van der Waals surface area contributed by atoms with E-state index in [1.807, 2.05) is 24.4 Å². The second-order valence-corrected chi connectivity index (χ2v) is 8.21. The Morgan fingerprint density at radius 2 is 1.94 bits per heavy atom. The van der Waals surface area contributed by atoms with Crippen LogP contribution in [0.25, 0.3) is 10.9 Å². The number of hydrogen-bond donors (Lipinski definition) is 1. The molecule has 0 radical (unpaired) electrons. The van der Waals surface area contributed by atoms with Gasteiger partial charge in [-0.3, -0.25) is 4.98 Å². The zero-order chi connectivity index (χ0) is 21.4. The largest absolute Gasteiger partial charge is 0.493 e. The molecule has 2 N–H and O–H groups in total. The molecule has 1 aromatic carbocycles. The number of rotatable bonds is 5. The van der Waals surface area contributed by atoms with Crippen LogP contribution in [0.15, 0.2) is 30.5 Å². The Labute approximate surface area is 182 Å². The third kappa shape index (κ3) is 3.58. The number of nitrogens with two attached hydrogens (primary N) is 1.